The average Bonchev–Trinajstić information content (AvgIpc) is 3.15. The summed E-state index contributed by atoms with van der Waals surface area (Å²) >= 11 is 0. The Bertz CT molecular complexity index is 977. The fourth-order valence-electron chi connectivity index (χ4n) is 2.61. The maximum atomic E-state index is 12.6. The number of ketones is 1. The zero-order chi connectivity index (χ0) is 15.6. The highest BCUT2D eigenvalue weighted by Gasteiger charge is 2.19. The zero-order valence-electron chi connectivity index (χ0n) is 12.1. The van der Waals surface area contributed by atoms with Crippen LogP contribution >= 0.6 is 0 Å². The van der Waals surface area contributed by atoms with Gasteiger partial charge in [0.15, 0.2) is 5.76 Å². The molecule has 0 aliphatic heterocycles. The average molecular weight is 300 g/mol. The molecule has 0 N–H and O–H groups in total. The van der Waals surface area contributed by atoms with Crippen molar-refractivity contribution in [3.05, 3.63) is 84.4 Å². The number of hydrogen-bond donors (Lipinski definition) is 0. The molecule has 0 saturated heterocycles. The van der Waals surface area contributed by atoms with Crippen molar-refractivity contribution in [1.29, 1.82) is 0 Å². The second-order valence-electron chi connectivity index (χ2n) is 5.12. The Balaban J connectivity index is 1.95. The van der Waals surface area contributed by atoms with Crippen molar-refractivity contribution in [2.75, 3.05) is 0 Å². The third-order valence-electron chi connectivity index (χ3n) is 3.69. The lowest BCUT2D eigenvalue weighted by Crippen LogP contribution is -2.06. The Labute approximate surface area is 132 Å². The molecule has 2 heterocycles. The summed E-state index contributed by atoms with van der Waals surface area (Å²) in [6.07, 6.45) is 1.47. The fraction of sp³-hybridized carbons (Fsp3) is 0. The third kappa shape index (κ3) is 2.30. The van der Waals surface area contributed by atoms with Gasteiger partial charge in [0.2, 0.25) is 5.78 Å². The van der Waals surface area contributed by atoms with E-state index in [1.165, 1.54) is 6.26 Å². The van der Waals surface area contributed by atoms with E-state index < -0.39 is 0 Å². The molecule has 0 aliphatic carbocycles. The van der Waals surface area contributed by atoms with Crippen LogP contribution in [0.2, 0.25) is 0 Å². The molecule has 0 saturated carbocycles. The van der Waals surface area contributed by atoms with Crippen molar-refractivity contribution in [3.8, 4) is 11.3 Å². The van der Waals surface area contributed by atoms with Gasteiger partial charge in [0.05, 0.1) is 6.26 Å². The molecule has 0 atom stereocenters. The number of aromatic nitrogens is 2. The van der Waals surface area contributed by atoms with E-state index in [1.54, 1.807) is 12.1 Å². The van der Waals surface area contributed by atoms with Gasteiger partial charge in [-0.3, -0.25) is 4.79 Å². The SMILES string of the molecule is O=C(c1ccco1)c1nnc(-c2ccccc2)c2ccccc12. The van der Waals surface area contributed by atoms with Gasteiger partial charge in [-0.05, 0) is 12.1 Å². The molecule has 0 radical (unpaired) electrons. The van der Waals surface area contributed by atoms with E-state index in [4.69, 9.17) is 4.42 Å². The summed E-state index contributed by atoms with van der Waals surface area (Å²) in [6.45, 7) is 0. The van der Waals surface area contributed by atoms with E-state index in [-0.39, 0.29) is 11.5 Å². The van der Waals surface area contributed by atoms with Gasteiger partial charge in [-0.1, -0.05) is 54.6 Å². The van der Waals surface area contributed by atoms with Crippen molar-refractivity contribution in [2.24, 2.45) is 0 Å². The van der Waals surface area contributed by atoms with Crippen LogP contribution in [-0.4, -0.2) is 16.0 Å². The lowest BCUT2D eigenvalue weighted by Gasteiger charge is -2.08. The largest absolute Gasteiger partial charge is 0.461 e. The van der Waals surface area contributed by atoms with E-state index >= 15 is 0 Å². The smallest absolute Gasteiger partial charge is 0.248 e. The summed E-state index contributed by atoms with van der Waals surface area (Å²) in [4.78, 5) is 12.6. The normalized spacial score (nSPS) is 10.8. The molecule has 0 fully saturated rings. The van der Waals surface area contributed by atoms with Crippen molar-refractivity contribution in [1.82, 2.24) is 10.2 Å². The summed E-state index contributed by atoms with van der Waals surface area (Å²) < 4.78 is 5.20. The van der Waals surface area contributed by atoms with Gasteiger partial charge in [0.25, 0.3) is 0 Å². The molecule has 0 aliphatic rings. The highest BCUT2D eigenvalue weighted by molar-refractivity contribution is 6.15. The lowest BCUT2D eigenvalue weighted by atomic mass is 10.0. The fourth-order valence-corrected chi connectivity index (χ4v) is 2.61. The van der Waals surface area contributed by atoms with Crippen LogP contribution in [0.25, 0.3) is 22.0 Å². The first kappa shape index (κ1) is 13.4. The Hall–Kier alpha value is -3.27. The van der Waals surface area contributed by atoms with Crippen molar-refractivity contribution in [2.45, 2.75) is 0 Å². The number of benzene rings is 2. The van der Waals surface area contributed by atoms with Crippen LogP contribution in [0, 0.1) is 0 Å². The second-order valence-corrected chi connectivity index (χ2v) is 5.12. The number of carbonyl (C=O) groups excluding carboxylic acids is 1. The van der Waals surface area contributed by atoms with Gasteiger partial charge >= 0.3 is 0 Å². The molecule has 23 heavy (non-hydrogen) atoms. The van der Waals surface area contributed by atoms with Crippen molar-refractivity contribution < 1.29 is 9.21 Å². The molecule has 2 aromatic carbocycles. The van der Waals surface area contributed by atoms with Gasteiger partial charge < -0.3 is 4.42 Å². The lowest BCUT2D eigenvalue weighted by molar-refractivity contribution is 0.101. The molecule has 0 unspecified atom stereocenters. The first-order valence-electron chi connectivity index (χ1n) is 7.23. The van der Waals surface area contributed by atoms with Crippen LogP contribution < -0.4 is 0 Å². The van der Waals surface area contributed by atoms with Gasteiger partial charge in [-0.2, -0.15) is 0 Å². The Kier molecular flexibility index (Phi) is 3.20. The molecular weight excluding hydrogens is 288 g/mol. The monoisotopic (exact) mass is 300 g/mol. The van der Waals surface area contributed by atoms with Gasteiger partial charge in [-0.25, -0.2) is 0 Å². The molecule has 4 heteroatoms. The minimum Gasteiger partial charge on any atom is -0.461 e. The van der Waals surface area contributed by atoms with Crippen LogP contribution in [0.5, 0.6) is 0 Å². The number of nitrogens with zero attached hydrogens (tertiary/aromatic N) is 2. The molecule has 0 amide bonds. The summed E-state index contributed by atoms with van der Waals surface area (Å²) in [6, 6.07) is 20.8. The molecule has 4 rings (SSSR count). The predicted octanol–water partition coefficient (Wildman–Crippen LogP) is 4.12. The van der Waals surface area contributed by atoms with Crippen LogP contribution in [0.1, 0.15) is 16.2 Å². The first-order chi connectivity index (χ1) is 11.3. The molecule has 0 bridgehead atoms. The quantitative estimate of drug-likeness (QED) is 0.534. The highest BCUT2D eigenvalue weighted by atomic mass is 16.3. The molecule has 110 valence electrons. The number of hydrogen-bond acceptors (Lipinski definition) is 4. The molecule has 2 aromatic heterocycles. The maximum absolute atomic E-state index is 12.6. The number of fused-ring (bicyclic) bond motifs is 1. The van der Waals surface area contributed by atoms with E-state index in [0.717, 1.165) is 22.0 Å². The van der Waals surface area contributed by atoms with Crippen molar-refractivity contribution >= 4 is 16.6 Å². The van der Waals surface area contributed by atoms with E-state index in [0.29, 0.717) is 5.69 Å². The molecule has 4 aromatic rings. The minimum atomic E-state index is -0.265. The van der Waals surface area contributed by atoms with Crippen LogP contribution in [-0.2, 0) is 0 Å². The van der Waals surface area contributed by atoms with Gasteiger partial charge in [0, 0.05) is 16.3 Å². The summed E-state index contributed by atoms with van der Waals surface area (Å²) in [5, 5.41) is 10.1. The summed E-state index contributed by atoms with van der Waals surface area (Å²) in [5.74, 6) is -0.00442. The maximum Gasteiger partial charge on any atom is 0.248 e. The Morgan fingerprint density at radius 1 is 0.783 bits per heavy atom. The van der Waals surface area contributed by atoms with E-state index in [9.17, 15) is 4.79 Å². The number of furan rings is 1. The van der Waals surface area contributed by atoms with Crippen LogP contribution in [0.15, 0.2) is 77.4 Å². The molecule has 4 nitrogen and oxygen atoms in total. The van der Waals surface area contributed by atoms with Gasteiger partial charge in [0.1, 0.15) is 11.4 Å². The van der Waals surface area contributed by atoms with Crippen molar-refractivity contribution in [3.63, 3.8) is 0 Å². The van der Waals surface area contributed by atoms with E-state index in [1.807, 2.05) is 54.6 Å². The summed E-state index contributed by atoms with van der Waals surface area (Å²) in [5.41, 5.74) is 2.03. The van der Waals surface area contributed by atoms with Gasteiger partial charge in [-0.15, -0.1) is 10.2 Å². The standard InChI is InChI=1S/C19H12N2O2/c22-19(16-11-6-12-23-16)18-15-10-5-4-9-14(15)17(20-21-18)13-7-2-1-3-8-13/h1-12H. The highest BCUT2D eigenvalue weighted by Crippen LogP contribution is 2.28. The Morgan fingerprint density at radius 3 is 2.26 bits per heavy atom. The van der Waals surface area contributed by atoms with E-state index in [2.05, 4.69) is 10.2 Å². The third-order valence-corrected chi connectivity index (χ3v) is 3.69. The topological polar surface area (TPSA) is 56.0 Å². The first-order valence-corrected chi connectivity index (χ1v) is 7.23. The Morgan fingerprint density at radius 2 is 1.52 bits per heavy atom. The number of rotatable bonds is 3. The van der Waals surface area contributed by atoms with Crippen LogP contribution in [0.3, 0.4) is 0 Å². The second kappa shape index (κ2) is 5.50. The minimum absolute atomic E-state index is 0.261. The predicted molar refractivity (Wildman–Crippen MR) is 87.1 cm³/mol. The molecule has 0 spiro atoms. The summed E-state index contributed by atoms with van der Waals surface area (Å²) in [7, 11) is 0. The van der Waals surface area contributed by atoms with Crippen LogP contribution in [0.4, 0.5) is 0 Å². The number of carbonyl (C=O) groups is 1. The molecular formula is C19H12N2O2. The zero-order valence-corrected chi connectivity index (χ0v) is 12.1.